The van der Waals surface area contributed by atoms with Crippen LogP contribution in [0.25, 0.3) is 16.9 Å². The van der Waals surface area contributed by atoms with E-state index in [1.54, 1.807) is 0 Å². The average Bonchev–Trinajstić information content (AvgIpc) is 3.36. The highest BCUT2D eigenvalue weighted by molar-refractivity contribution is 5.95. The van der Waals surface area contributed by atoms with Gasteiger partial charge in [-0.15, -0.1) is 0 Å². The lowest BCUT2D eigenvalue weighted by Gasteiger charge is -2.11. The number of hydrogen-bond donors (Lipinski definition) is 2. The summed E-state index contributed by atoms with van der Waals surface area (Å²) >= 11 is 0. The maximum Gasteiger partial charge on any atom is 0.251 e. The number of imidazole rings is 1. The van der Waals surface area contributed by atoms with Crippen LogP contribution in [-0.2, 0) is 0 Å². The van der Waals surface area contributed by atoms with E-state index < -0.39 is 0 Å². The van der Waals surface area contributed by atoms with Gasteiger partial charge in [0.2, 0.25) is 0 Å². The molecule has 3 aromatic rings. The number of nitrogens with zero attached hydrogens (tertiary/aromatic N) is 3. The fourth-order valence-corrected chi connectivity index (χ4v) is 3.03. The largest absolute Gasteiger partial charge is 0.367 e. The van der Waals surface area contributed by atoms with Gasteiger partial charge < -0.3 is 10.6 Å². The van der Waals surface area contributed by atoms with E-state index in [1.807, 2.05) is 43.6 Å². The highest BCUT2D eigenvalue weighted by Gasteiger charge is 2.23. The summed E-state index contributed by atoms with van der Waals surface area (Å²) in [5.41, 5.74) is 4.43. The standard InChI is InChI=1S/C21H25N5O/c1-13(2)10-22-19-20-23-11-18(26(20)12-14(3)24-19)15-4-6-16(7-5-15)21(27)25-17-8-9-17/h4-7,11-13,17H,8-10H2,1-3H3,(H,22,24)(H,25,27). The number of nitrogens with one attached hydrogen (secondary N) is 2. The van der Waals surface area contributed by atoms with Crippen molar-refractivity contribution in [2.75, 3.05) is 11.9 Å². The SMILES string of the molecule is Cc1cn2c(-c3ccc(C(=O)NC4CC4)cc3)cnc2c(NCC(C)C)n1. The molecule has 0 bridgehead atoms. The summed E-state index contributed by atoms with van der Waals surface area (Å²) in [6.07, 6.45) is 6.03. The number of carbonyl (C=O) groups excluding carboxylic acids is 1. The number of rotatable bonds is 6. The van der Waals surface area contributed by atoms with Crippen LogP contribution in [0.4, 0.5) is 5.82 Å². The van der Waals surface area contributed by atoms with Crippen LogP contribution in [0.3, 0.4) is 0 Å². The van der Waals surface area contributed by atoms with Crippen LogP contribution in [0.2, 0.25) is 0 Å². The van der Waals surface area contributed by atoms with E-state index in [0.29, 0.717) is 17.5 Å². The van der Waals surface area contributed by atoms with E-state index in [1.165, 1.54) is 0 Å². The van der Waals surface area contributed by atoms with Gasteiger partial charge in [0, 0.05) is 29.9 Å². The predicted octanol–water partition coefficient (Wildman–Crippen LogP) is 3.66. The minimum absolute atomic E-state index is 0.00223. The summed E-state index contributed by atoms with van der Waals surface area (Å²) in [5.74, 6) is 1.33. The number of hydrogen-bond acceptors (Lipinski definition) is 4. The minimum Gasteiger partial charge on any atom is -0.367 e. The fraction of sp³-hybridized carbons (Fsp3) is 0.381. The summed E-state index contributed by atoms with van der Waals surface area (Å²) in [6, 6.07) is 8.06. The van der Waals surface area contributed by atoms with E-state index in [9.17, 15) is 4.79 Å². The van der Waals surface area contributed by atoms with Crippen LogP contribution in [0.15, 0.2) is 36.7 Å². The zero-order valence-electron chi connectivity index (χ0n) is 16.0. The Morgan fingerprint density at radius 3 is 2.67 bits per heavy atom. The zero-order valence-corrected chi connectivity index (χ0v) is 16.0. The van der Waals surface area contributed by atoms with E-state index in [4.69, 9.17) is 0 Å². The van der Waals surface area contributed by atoms with Gasteiger partial charge in [0.15, 0.2) is 11.5 Å². The van der Waals surface area contributed by atoms with Crippen molar-refractivity contribution in [1.82, 2.24) is 19.7 Å². The molecule has 140 valence electrons. The highest BCUT2D eigenvalue weighted by atomic mass is 16.1. The monoisotopic (exact) mass is 363 g/mol. The molecule has 2 N–H and O–H groups in total. The number of aromatic nitrogens is 3. The first-order valence-corrected chi connectivity index (χ1v) is 9.51. The lowest BCUT2D eigenvalue weighted by atomic mass is 10.1. The van der Waals surface area contributed by atoms with Crippen molar-refractivity contribution >= 4 is 17.4 Å². The second kappa shape index (κ2) is 7.02. The average molecular weight is 363 g/mol. The normalized spacial score (nSPS) is 13.9. The molecule has 1 aliphatic carbocycles. The van der Waals surface area contributed by atoms with Gasteiger partial charge >= 0.3 is 0 Å². The van der Waals surface area contributed by atoms with Crippen molar-refractivity contribution < 1.29 is 4.79 Å². The molecular formula is C21H25N5O. The molecule has 0 spiro atoms. The predicted molar refractivity (Wildman–Crippen MR) is 107 cm³/mol. The quantitative estimate of drug-likeness (QED) is 0.701. The molecule has 1 aliphatic rings. The van der Waals surface area contributed by atoms with E-state index in [2.05, 4.69) is 38.8 Å². The van der Waals surface area contributed by atoms with Crippen molar-refractivity contribution in [3.05, 3.63) is 47.9 Å². The number of aryl methyl sites for hydroxylation is 1. The van der Waals surface area contributed by atoms with Crippen molar-refractivity contribution in [2.45, 2.75) is 39.7 Å². The summed E-state index contributed by atoms with van der Waals surface area (Å²) < 4.78 is 2.06. The third-order valence-electron chi connectivity index (χ3n) is 4.65. The zero-order chi connectivity index (χ0) is 19.0. The third-order valence-corrected chi connectivity index (χ3v) is 4.65. The van der Waals surface area contributed by atoms with Gasteiger partial charge in [0.05, 0.1) is 17.6 Å². The number of carbonyl (C=O) groups is 1. The first kappa shape index (κ1) is 17.5. The van der Waals surface area contributed by atoms with Gasteiger partial charge in [-0.2, -0.15) is 0 Å². The molecule has 0 aliphatic heterocycles. The van der Waals surface area contributed by atoms with Crippen LogP contribution >= 0.6 is 0 Å². The Morgan fingerprint density at radius 1 is 1.26 bits per heavy atom. The lowest BCUT2D eigenvalue weighted by molar-refractivity contribution is 0.0951. The fourth-order valence-electron chi connectivity index (χ4n) is 3.03. The first-order chi connectivity index (χ1) is 13.0. The summed E-state index contributed by atoms with van der Waals surface area (Å²) in [7, 11) is 0. The Hall–Kier alpha value is -2.89. The second-order valence-corrected chi connectivity index (χ2v) is 7.67. The number of fused-ring (bicyclic) bond motifs is 1. The molecular weight excluding hydrogens is 338 g/mol. The minimum atomic E-state index is 0.00223. The van der Waals surface area contributed by atoms with Crippen molar-refractivity contribution in [3.8, 4) is 11.3 Å². The Kier molecular flexibility index (Phi) is 4.56. The smallest absolute Gasteiger partial charge is 0.251 e. The molecule has 1 amide bonds. The van der Waals surface area contributed by atoms with Gasteiger partial charge in [-0.1, -0.05) is 26.0 Å². The number of benzene rings is 1. The Labute approximate surface area is 159 Å². The molecule has 1 aromatic carbocycles. The molecule has 4 rings (SSSR count). The van der Waals surface area contributed by atoms with Gasteiger partial charge in [0.25, 0.3) is 5.91 Å². The molecule has 0 atom stereocenters. The Balaban J connectivity index is 1.64. The highest BCUT2D eigenvalue weighted by Crippen LogP contribution is 2.25. The van der Waals surface area contributed by atoms with E-state index >= 15 is 0 Å². The first-order valence-electron chi connectivity index (χ1n) is 9.51. The summed E-state index contributed by atoms with van der Waals surface area (Å²) in [5, 5.41) is 6.41. The van der Waals surface area contributed by atoms with Gasteiger partial charge in [-0.3, -0.25) is 9.20 Å². The van der Waals surface area contributed by atoms with Crippen molar-refractivity contribution in [2.24, 2.45) is 5.92 Å². The Morgan fingerprint density at radius 2 is 2.00 bits per heavy atom. The van der Waals surface area contributed by atoms with E-state index in [0.717, 1.165) is 47.8 Å². The summed E-state index contributed by atoms with van der Waals surface area (Å²) in [4.78, 5) is 21.4. The Bertz CT molecular complexity index is 970. The molecule has 2 aromatic heterocycles. The van der Waals surface area contributed by atoms with Crippen LogP contribution < -0.4 is 10.6 Å². The third kappa shape index (κ3) is 3.79. The van der Waals surface area contributed by atoms with Crippen molar-refractivity contribution in [3.63, 3.8) is 0 Å². The number of anilines is 1. The molecule has 6 nitrogen and oxygen atoms in total. The van der Waals surface area contributed by atoms with Gasteiger partial charge in [-0.05, 0) is 37.8 Å². The topological polar surface area (TPSA) is 71.3 Å². The molecule has 0 saturated heterocycles. The molecule has 0 unspecified atom stereocenters. The van der Waals surface area contributed by atoms with Crippen LogP contribution in [0, 0.1) is 12.8 Å². The maximum absolute atomic E-state index is 12.2. The van der Waals surface area contributed by atoms with Crippen LogP contribution in [0.1, 0.15) is 42.7 Å². The molecule has 6 heteroatoms. The lowest BCUT2D eigenvalue weighted by Crippen LogP contribution is -2.25. The molecule has 1 saturated carbocycles. The summed E-state index contributed by atoms with van der Waals surface area (Å²) in [6.45, 7) is 7.16. The molecule has 27 heavy (non-hydrogen) atoms. The maximum atomic E-state index is 12.2. The number of amides is 1. The second-order valence-electron chi connectivity index (χ2n) is 7.67. The molecule has 2 heterocycles. The van der Waals surface area contributed by atoms with Crippen LogP contribution in [0.5, 0.6) is 0 Å². The van der Waals surface area contributed by atoms with Gasteiger partial charge in [0.1, 0.15) is 0 Å². The van der Waals surface area contributed by atoms with Crippen molar-refractivity contribution in [1.29, 1.82) is 0 Å². The van der Waals surface area contributed by atoms with Crippen LogP contribution in [-0.4, -0.2) is 32.9 Å². The van der Waals surface area contributed by atoms with E-state index in [-0.39, 0.29) is 5.91 Å². The molecule has 0 radical (unpaired) electrons. The molecule has 1 fully saturated rings. The van der Waals surface area contributed by atoms with Gasteiger partial charge in [-0.25, -0.2) is 9.97 Å².